The van der Waals surface area contributed by atoms with Crippen LogP contribution in [0.5, 0.6) is 0 Å². The maximum absolute atomic E-state index is 10.5. The van der Waals surface area contributed by atoms with Crippen LogP contribution in [0.4, 0.5) is 0 Å². The van der Waals surface area contributed by atoms with Gasteiger partial charge in [-0.15, -0.1) is 0 Å². The average Bonchev–Trinajstić information content (AvgIpc) is 2.02. The van der Waals surface area contributed by atoms with Crippen LogP contribution in [0, 0.1) is 0 Å². The molecule has 0 heterocycles. The molecular weight excluding hydrogens is 157 g/mol. The SMILES string of the molecule is BB=BB=BB=BB=BS(C)=O. The van der Waals surface area contributed by atoms with Gasteiger partial charge in [0.15, 0.2) is 0 Å². The zero-order chi connectivity index (χ0) is 9.23. The average molecular weight is 162 g/mol. The second-order valence-corrected chi connectivity index (χ2v) is 3.39. The van der Waals surface area contributed by atoms with E-state index in [1.165, 1.54) is 0 Å². The van der Waals surface area contributed by atoms with Crippen LogP contribution < -0.4 is 0 Å². The zero-order valence-corrected chi connectivity index (χ0v) is 8.25. The van der Waals surface area contributed by atoms with Crippen molar-refractivity contribution >= 4 is 71.3 Å². The molecule has 0 radical (unpaired) electrons. The van der Waals surface area contributed by atoms with Crippen molar-refractivity contribution in [1.82, 2.24) is 0 Å². The Morgan fingerprint density at radius 2 is 1.50 bits per heavy atom. The van der Waals surface area contributed by atoms with Gasteiger partial charge in [0, 0.05) is 0 Å². The normalized spacial score (nSPS) is 10.4. The van der Waals surface area contributed by atoms with Crippen molar-refractivity contribution in [3.05, 3.63) is 0 Å². The van der Waals surface area contributed by atoms with Crippen molar-refractivity contribution in [2.75, 3.05) is 6.26 Å². The second kappa shape index (κ2) is 9.82. The molecule has 0 bridgehead atoms. The standard InChI is InChI=1S/CH5B9OS/c1-12(11)10-9-8-7-6-5-4-3-2/h2H2,1H3. The van der Waals surface area contributed by atoms with Gasteiger partial charge in [0.25, 0.3) is 0 Å². The molecule has 0 aliphatic carbocycles. The van der Waals surface area contributed by atoms with Crippen LogP contribution in [0.15, 0.2) is 0 Å². The minimum atomic E-state index is -0.844. The molecule has 48 valence electrons. The number of rotatable bonds is 4. The van der Waals surface area contributed by atoms with E-state index in [1.807, 2.05) is 47.9 Å². The Morgan fingerprint density at radius 3 is 2.00 bits per heavy atom. The molecule has 11 heteroatoms. The Bertz CT molecular complexity index is 239. The summed E-state index contributed by atoms with van der Waals surface area (Å²) in [5.41, 5.74) is 0. The van der Waals surface area contributed by atoms with Crippen LogP contribution in [-0.4, -0.2) is 71.1 Å². The fourth-order valence-electron chi connectivity index (χ4n) is 0.524. The van der Waals surface area contributed by atoms with Crippen molar-refractivity contribution in [3.63, 3.8) is 0 Å². The van der Waals surface area contributed by atoms with Gasteiger partial charge < -0.3 is 0 Å². The van der Waals surface area contributed by atoms with Crippen LogP contribution >= 0.6 is 0 Å². The van der Waals surface area contributed by atoms with E-state index in [2.05, 4.69) is 0 Å². The van der Waals surface area contributed by atoms with E-state index in [-0.39, 0.29) is 0 Å². The molecular formula is CH5B9OS. The molecule has 0 fully saturated rings. The summed E-state index contributed by atoms with van der Waals surface area (Å²) in [6, 6.07) is 0. The Balaban J connectivity index is 3.70. The van der Waals surface area contributed by atoms with E-state index in [4.69, 9.17) is 0 Å². The Labute approximate surface area is 82.0 Å². The molecule has 0 rings (SSSR count). The summed E-state index contributed by atoms with van der Waals surface area (Å²) in [7, 11) is 1.12. The molecule has 0 amide bonds. The number of hydrogen-bond donors (Lipinski definition) is 0. The van der Waals surface area contributed by atoms with Gasteiger partial charge in [-0.05, 0) is 0 Å². The van der Waals surface area contributed by atoms with Gasteiger partial charge in [0.05, 0.1) is 0 Å². The predicted octanol–water partition coefficient (Wildman–Crippen LogP) is -4.13. The third-order valence-electron chi connectivity index (χ3n) is 1.02. The molecule has 12 heavy (non-hydrogen) atoms. The van der Waals surface area contributed by atoms with Crippen molar-refractivity contribution in [2.45, 2.75) is 0 Å². The third kappa shape index (κ3) is 10.7. The van der Waals surface area contributed by atoms with E-state index >= 15 is 0 Å². The van der Waals surface area contributed by atoms with Crippen LogP contribution in [0.3, 0.4) is 0 Å². The summed E-state index contributed by atoms with van der Waals surface area (Å²) in [5.74, 6) is 0. The molecule has 0 saturated carbocycles. The molecule has 0 aliphatic rings. The van der Waals surface area contributed by atoms with Crippen molar-refractivity contribution in [1.29, 1.82) is 0 Å². The predicted molar refractivity (Wildman–Crippen MR) is 68.6 cm³/mol. The van der Waals surface area contributed by atoms with Gasteiger partial charge in [0.2, 0.25) is 0 Å². The van der Waals surface area contributed by atoms with Gasteiger partial charge in [-0.25, -0.2) is 0 Å². The molecule has 0 aromatic rings. The first-order valence-electron chi connectivity index (χ1n) is 3.72. The molecule has 1 atom stereocenters. The monoisotopic (exact) mass is 164 g/mol. The Morgan fingerprint density at radius 1 is 1.00 bits per heavy atom. The van der Waals surface area contributed by atoms with Crippen LogP contribution in [0.2, 0.25) is 0 Å². The summed E-state index contributed by atoms with van der Waals surface area (Å²) in [4.78, 5) is 0. The summed E-state index contributed by atoms with van der Waals surface area (Å²) in [6.45, 7) is 13.3. The maximum atomic E-state index is 10.5. The second-order valence-electron chi connectivity index (χ2n) is 2.12. The fourth-order valence-corrected chi connectivity index (χ4v) is 0.836. The zero-order valence-electron chi connectivity index (χ0n) is 7.44. The van der Waals surface area contributed by atoms with Crippen molar-refractivity contribution in [3.8, 4) is 0 Å². The summed E-state index contributed by atoms with van der Waals surface area (Å²) < 4.78 is 10.5. The molecule has 0 N–H and O–H groups in total. The van der Waals surface area contributed by atoms with Gasteiger partial charge in [-0.2, -0.15) is 0 Å². The third-order valence-corrected chi connectivity index (χ3v) is 1.56. The van der Waals surface area contributed by atoms with E-state index in [9.17, 15) is 4.21 Å². The molecule has 1 nitrogen and oxygen atoms in total. The number of hydrogen-bond acceptors (Lipinski definition) is 1. The summed E-state index contributed by atoms with van der Waals surface area (Å²) >= 11 is 0. The van der Waals surface area contributed by atoms with Crippen molar-refractivity contribution < 1.29 is 4.21 Å². The summed E-state index contributed by atoms with van der Waals surface area (Å²) in [5, 5.41) is 0. The Kier molecular flexibility index (Phi) is 10.4. The first-order valence-corrected chi connectivity index (χ1v) is 5.34. The molecule has 0 spiro atoms. The van der Waals surface area contributed by atoms with E-state index in [0.29, 0.717) is 0 Å². The van der Waals surface area contributed by atoms with Crippen LogP contribution in [0.25, 0.3) is 0 Å². The van der Waals surface area contributed by atoms with E-state index in [0.717, 1.165) is 0 Å². The molecule has 0 aromatic heterocycles. The van der Waals surface area contributed by atoms with Crippen LogP contribution in [0.1, 0.15) is 0 Å². The quantitative estimate of drug-likeness (QED) is 0.384. The van der Waals surface area contributed by atoms with Gasteiger partial charge in [-0.3, -0.25) is 0 Å². The van der Waals surface area contributed by atoms with Crippen molar-refractivity contribution in [2.24, 2.45) is 0 Å². The van der Waals surface area contributed by atoms with E-state index in [1.54, 1.807) is 19.0 Å². The van der Waals surface area contributed by atoms with Gasteiger partial charge in [0.1, 0.15) is 0 Å². The van der Waals surface area contributed by atoms with E-state index < -0.39 is 10.7 Å². The molecule has 1 unspecified atom stereocenters. The molecule has 0 saturated heterocycles. The van der Waals surface area contributed by atoms with Gasteiger partial charge >= 0.3 is 81.8 Å². The first kappa shape index (κ1) is 12.7. The molecule has 0 aromatic carbocycles. The van der Waals surface area contributed by atoms with Gasteiger partial charge in [-0.1, -0.05) is 0 Å². The summed E-state index contributed by atoms with van der Waals surface area (Å²) in [6.07, 6.45) is 3.28. The fraction of sp³-hybridized carbons (Fsp3) is 1.00. The minimum absolute atomic E-state index is 0.844. The van der Waals surface area contributed by atoms with Crippen LogP contribution in [-0.2, 0) is 10.7 Å². The Hall–Kier alpha value is 0.734. The first-order chi connectivity index (χ1) is 5.77. The topological polar surface area (TPSA) is 17.1 Å². The molecule has 0 aliphatic heterocycles.